The van der Waals surface area contributed by atoms with E-state index in [-0.39, 0.29) is 39.3 Å². The molecule has 35 heavy (non-hydrogen) atoms. The van der Waals surface area contributed by atoms with Gasteiger partial charge in [0.1, 0.15) is 11.6 Å². The van der Waals surface area contributed by atoms with Crippen LogP contribution >= 0.6 is 0 Å². The number of aromatic nitrogens is 4. The summed E-state index contributed by atoms with van der Waals surface area (Å²) in [5.74, 6) is -1.64. The maximum Gasteiger partial charge on any atom is 0.233 e. The second-order valence-corrected chi connectivity index (χ2v) is 10.1. The highest BCUT2D eigenvalue weighted by Gasteiger charge is 2.48. The fourth-order valence-electron chi connectivity index (χ4n) is 5.67. The minimum absolute atomic E-state index is 0.0290. The molecule has 0 amide bonds. The van der Waals surface area contributed by atoms with Gasteiger partial charge in [0.15, 0.2) is 11.6 Å². The number of benzene rings is 1. The lowest BCUT2D eigenvalue weighted by Gasteiger charge is -2.42. The maximum absolute atomic E-state index is 15.0. The van der Waals surface area contributed by atoms with Gasteiger partial charge in [0.2, 0.25) is 5.88 Å². The molecular formula is C25H28F2N6O2. The van der Waals surface area contributed by atoms with E-state index in [4.69, 9.17) is 4.74 Å². The van der Waals surface area contributed by atoms with Gasteiger partial charge in [0, 0.05) is 34.8 Å². The minimum Gasteiger partial charge on any atom is -0.507 e. The van der Waals surface area contributed by atoms with Crippen molar-refractivity contribution < 1.29 is 18.6 Å². The summed E-state index contributed by atoms with van der Waals surface area (Å²) < 4.78 is 35.0. The molecule has 10 heteroatoms. The number of piperidine rings is 1. The van der Waals surface area contributed by atoms with Gasteiger partial charge in [-0.3, -0.25) is 0 Å². The lowest BCUT2D eigenvalue weighted by atomic mass is 9.80. The van der Waals surface area contributed by atoms with E-state index in [1.165, 1.54) is 38.3 Å². The monoisotopic (exact) mass is 482 g/mol. The summed E-state index contributed by atoms with van der Waals surface area (Å²) in [6.45, 7) is 5.32. The van der Waals surface area contributed by atoms with E-state index in [1.807, 2.05) is 0 Å². The number of anilines is 1. The second kappa shape index (κ2) is 8.67. The SMILES string of the molecule is COc1cc(-c2cc(O)c(-c3ccc(NCC4CC5(C)CCC(C)(C4)N5)nn3)c(F)c2F)cnn1. The van der Waals surface area contributed by atoms with Crippen LogP contribution in [-0.2, 0) is 0 Å². The Labute approximate surface area is 202 Å². The van der Waals surface area contributed by atoms with Crippen molar-refractivity contribution in [1.29, 1.82) is 0 Å². The van der Waals surface area contributed by atoms with Crippen LogP contribution in [0.5, 0.6) is 11.6 Å². The first-order valence-electron chi connectivity index (χ1n) is 11.6. The highest BCUT2D eigenvalue weighted by Crippen LogP contribution is 2.44. The number of rotatable bonds is 6. The first-order chi connectivity index (χ1) is 16.7. The predicted molar refractivity (Wildman–Crippen MR) is 127 cm³/mol. The van der Waals surface area contributed by atoms with Gasteiger partial charge < -0.3 is 20.5 Å². The van der Waals surface area contributed by atoms with Gasteiger partial charge in [-0.2, -0.15) is 5.10 Å². The molecule has 1 aromatic carbocycles. The van der Waals surface area contributed by atoms with E-state index < -0.39 is 17.4 Å². The Balaban J connectivity index is 1.33. The van der Waals surface area contributed by atoms with Crippen LogP contribution in [0.2, 0.25) is 0 Å². The molecule has 0 radical (unpaired) electrons. The van der Waals surface area contributed by atoms with Gasteiger partial charge in [-0.1, -0.05) is 0 Å². The van der Waals surface area contributed by atoms with E-state index in [2.05, 4.69) is 44.9 Å². The minimum atomic E-state index is -1.22. The number of nitrogens with one attached hydrogen (secondary N) is 2. The van der Waals surface area contributed by atoms with Crippen LogP contribution in [0.15, 0.2) is 30.5 Å². The van der Waals surface area contributed by atoms with Gasteiger partial charge >= 0.3 is 0 Å². The lowest BCUT2D eigenvalue weighted by molar-refractivity contribution is 0.178. The Morgan fingerprint density at radius 1 is 1.09 bits per heavy atom. The summed E-state index contributed by atoms with van der Waals surface area (Å²) in [6, 6.07) is 5.70. The number of methoxy groups -OCH3 is 1. The van der Waals surface area contributed by atoms with Crippen molar-refractivity contribution >= 4 is 5.82 Å². The Kier molecular flexibility index (Phi) is 5.79. The first-order valence-corrected chi connectivity index (χ1v) is 11.6. The highest BCUT2D eigenvalue weighted by atomic mass is 19.2. The van der Waals surface area contributed by atoms with Crippen molar-refractivity contribution in [2.45, 2.75) is 50.6 Å². The molecule has 3 aromatic rings. The average Bonchev–Trinajstić information content (AvgIpc) is 3.07. The fourth-order valence-corrected chi connectivity index (χ4v) is 5.67. The number of phenolic OH excluding ortho intramolecular Hbond substituents is 1. The lowest BCUT2D eigenvalue weighted by Crippen LogP contribution is -2.54. The number of halogens is 2. The van der Waals surface area contributed by atoms with Crippen LogP contribution in [0.1, 0.15) is 39.5 Å². The molecule has 2 unspecified atom stereocenters. The summed E-state index contributed by atoms with van der Waals surface area (Å²) >= 11 is 0. The van der Waals surface area contributed by atoms with E-state index >= 15 is 4.39 Å². The van der Waals surface area contributed by atoms with Crippen molar-refractivity contribution in [1.82, 2.24) is 25.7 Å². The van der Waals surface area contributed by atoms with Crippen LogP contribution in [0.25, 0.3) is 22.4 Å². The van der Waals surface area contributed by atoms with Crippen LogP contribution in [0.3, 0.4) is 0 Å². The molecule has 2 atom stereocenters. The molecule has 2 fully saturated rings. The molecular weight excluding hydrogens is 454 g/mol. The number of aromatic hydroxyl groups is 1. The number of nitrogens with zero attached hydrogens (tertiary/aromatic N) is 4. The Bertz CT molecular complexity index is 1240. The third-order valence-electron chi connectivity index (χ3n) is 7.14. The molecule has 5 rings (SSSR count). The van der Waals surface area contributed by atoms with Gasteiger partial charge in [0.25, 0.3) is 0 Å². The summed E-state index contributed by atoms with van der Waals surface area (Å²) in [5, 5.41) is 33.2. The van der Waals surface area contributed by atoms with E-state index in [0.29, 0.717) is 11.7 Å². The number of hydrogen-bond acceptors (Lipinski definition) is 8. The van der Waals surface area contributed by atoms with Crippen LogP contribution < -0.4 is 15.4 Å². The topological polar surface area (TPSA) is 105 Å². The molecule has 8 nitrogen and oxygen atoms in total. The van der Waals surface area contributed by atoms with Crippen molar-refractivity contribution in [2.75, 3.05) is 19.0 Å². The van der Waals surface area contributed by atoms with Crippen molar-refractivity contribution in [2.24, 2.45) is 5.92 Å². The molecule has 4 heterocycles. The summed E-state index contributed by atoms with van der Waals surface area (Å²) in [4.78, 5) is 0. The summed E-state index contributed by atoms with van der Waals surface area (Å²) in [5.41, 5.74) is 0.0858. The number of phenols is 1. The molecule has 184 valence electrons. The van der Waals surface area contributed by atoms with Gasteiger partial charge in [-0.05, 0) is 63.6 Å². The maximum atomic E-state index is 15.0. The predicted octanol–water partition coefficient (Wildman–Crippen LogP) is 4.32. The van der Waals surface area contributed by atoms with Crippen LogP contribution in [0, 0.1) is 17.6 Å². The first kappa shape index (κ1) is 23.3. The molecule has 2 aliphatic rings. The molecule has 3 N–H and O–H groups in total. The fraction of sp³-hybridized carbons (Fsp3) is 0.440. The molecule has 0 spiro atoms. The zero-order chi connectivity index (χ0) is 24.8. The summed E-state index contributed by atoms with van der Waals surface area (Å²) in [7, 11) is 1.39. The number of fused-ring (bicyclic) bond motifs is 2. The zero-order valence-electron chi connectivity index (χ0n) is 19.9. The average molecular weight is 483 g/mol. The third kappa shape index (κ3) is 4.50. The Morgan fingerprint density at radius 3 is 2.49 bits per heavy atom. The molecule has 2 saturated heterocycles. The van der Waals surface area contributed by atoms with E-state index in [1.54, 1.807) is 6.07 Å². The Hall–Kier alpha value is -3.40. The molecule has 0 saturated carbocycles. The van der Waals surface area contributed by atoms with Crippen LogP contribution in [-0.4, -0.2) is 50.2 Å². The second-order valence-electron chi connectivity index (χ2n) is 10.1. The normalized spacial score (nSPS) is 25.5. The summed E-state index contributed by atoms with van der Waals surface area (Å²) in [6.07, 6.45) is 5.80. The van der Waals surface area contributed by atoms with E-state index in [9.17, 15) is 9.50 Å². The van der Waals surface area contributed by atoms with E-state index in [0.717, 1.165) is 25.5 Å². The number of hydrogen-bond donors (Lipinski definition) is 3. The van der Waals surface area contributed by atoms with Gasteiger partial charge in [-0.15, -0.1) is 15.3 Å². The molecule has 0 aliphatic carbocycles. The van der Waals surface area contributed by atoms with Gasteiger partial charge in [-0.25, -0.2) is 8.78 Å². The highest BCUT2D eigenvalue weighted by molar-refractivity contribution is 5.75. The van der Waals surface area contributed by atoms with Crippen LogP contribution in [0.4, 0.5) is 14.6 Å². The van der Waals surface area contributed by atoms with Crippen molar-refractivity contribution in [3.8, 4) is 34.0 Å². The van der Waals surface area contributed by atoms with Gasteiger partial charge in [0.05, 0.1) is 24.6 Å². The van der Waals surface area contributed by atoms with Crippen molar-refractivity contribution in [3.63, 3.8) is 0 Å². The largest absolute Gasteiger partial charge is 0.507 e. The quantitative estimate of drug-likeness (QED) is 0.477. The standard InChI is InChI=1S/C25H28F2N6O2/c1-24-6-7-25(2,33-24)11-14(10-24)12-28-19-5-4-17(30-31-19)21-18(34)9-16(22(26)23(21)27)15-8-20(35-3)32-29-13-15/h4-5,8-9,13-14,33-34H,6-7,10-12H2,1-3H3,(H,28,31). The van der Waals surface area contributed by atoms with Crippen molar-refractivity contribution in [3.05, 3.63) is 42.1 Å². The molecule has 2 bridgehead atoms. The zero-order valence-corrected chi connectivity index (χ0v) is 19.9. The smallest absolute Gasteiger partial charge is 0.233 e. The molecule has 2 aromatic heterocycles. The number of ether oxygens (including phenoxy) is 1. The Morgan fingerprint density at radius 2 is 1.83 bits per heavy atom. The molecule has 2 aliphatic heterocycles. The third-order valence-corrected chi connectivity index (χ3v) is 7.14.